The zero-order valence-corrected chi connectivity index (χ0v) is 17.3. The maximum Gasteiger partial charge on any atom is 0.238 e. The zero-order valence-electron chi connectivity index (χ0n) is 15.7. The Bertz CT molecular complexity index is 1030. The van der Waals surface area contributed by atoms with Crippen molar-refractivity contribution in [2.24, 2.45) is 5.14 Å². The number of nitrogens with two attached hydrogens (primary N) is 1. The molecule has 1 aliphatic rings. The van der Waals surface area contributed by atoms with Gasteiger partial charge in [0, 0.05) is 31.9 Å². The molecule has 152 valence electrons. The lowest BCUT2D eigenvalue weighted by Crippen LogP contribution is -2.38. The maximum atomic E-state index is 12.1. The molecule has 0 spiro atoms. The standard InChI is InChI=1S/C19H25N3O4S2/c1-27(23,24)19-13-17(28(20,25)26)7-8-18(19)21-16-9-11-22(12-10-16)14-15-5-3-2-4-6-15/h2-8,13,16,21H,9-12,14H2,1H3,(H2,20,25,26). The fraction of sp³-hybridized carbons (Fsp3) is 0.368. The zero-order chi connectivity index (χ0) is 20.4. The third-order valence-electron chi connectivity index (χ3n) is 4.88. The van der Waals surface area contributed by atoms with E-state index in [1.165, 1.54) is 17.7 Å². The van der Waals surface area contributed by atoms with E-state index in [1.54, 1.807) is 0 Å². The highest BCUT2D eigenvalue weighted by atomic mass is 32.2. The molecule has 0 aliphatic carbocycles. The SMILES string of the molecule is CS(=O)(=O)c1cc(S(N)(=O)=O)ccc1NC1CCN(Cc2ccccc2)CC1. The molecule has 2 aromatic rings. The quantitative estimate of drug-likeness (QED) is 0.733. The van der Waals surface area contributed by atoms with Crippen molar-refractivity contribution in [1.82, 2.24) is 4.90 Å². The first kappa shape index (κ1) is 20.8. The second-order valence-electron chi connectivity index (χ2n) is 7.16. The van der Waals surface area contributed by atoms with Crippen molar-refractivity contribution in [2.75, 3.05) is 24.7 Å². The monoisotopic (exact) mass is 423 g/mol. The van der Waals surface area contributed by atoms with Gasteiger partial charge in [-0.15, -0.1) is 0 Å². The first-order chi connectivity index (χ1) is 13.1. The van der Waals surface area contributed by atoms with Crippen LogP contribution >= 0.6 is 0 Å². The summed E-state index contributed by atoms with van der Waals surface area (Å²) in [7, 11) is -7.58. The Balaban J connectivity index is 1.69. The molecule has 0 saturated carbocycles. The summed E-state index contributed by atoms with van der Waals surface area (Å²) in [5.74, 6) is 0. The van der Waals surface area contributed by atoms with Crippen LogP contribution in [-0.2, 0) is 26.4 Å². The van der Waals surface area contributed by atoms with Crippen molar-refractivity contribution in [2.45, 2.75) is 35.2 Å². The summed E-state index contributed by atoms with van der Waals surface area (Å²) in [6.45, 7) is 2.69. The van der Waals surface area contributed by atoms with E-state index in [-0.39, 0.29) is 15.8 Å². The van der Waals surface area contributed by atoms with Gasteiger partial charge in [0.15, 0.2) is 9.84 Å². The third-order valence-corrected chi connectivity index (χ3v) is 6.92. The molecule has 0 unspecified atom stereocenters. The molecule has 0 bridgehead atoms. The first-order valence-electron chi connectivity index (χ1n) is 9.02. The minimum atomic E-state index is -3.97. The van der Waals surface area contributed by atoms with E-state index in [9.17, 15) is 16.8 Å². The van der Waals surface area contributed by atoms with E-state index in [1.807, 2.05) is 18.2 Å². The number of hydrogen-bond acceptors (Lipinski definition) is 6. The van der Waals surface area contributed by atoms with Crippen LogP contribution in [0.2, 0.25) is 0 Å². The lowest BCUT2D eigenvalue weighted by Gasteiger charge is -2.33. The number of piperidine rings is 1. The number of rotatable bonds is 6. The van der Waals surface area contributed by atoms with Crippen molar-refractivity contribution in [3.8, 4) is 0 Å². The number of benzene rings is 2. The van der Waals surface area contributed by atoms with Crippen molar-refractivity contribution in [3.05, 3.63) is 54.1 Å². The second kappa shape index (κ2) is 8.20. The molecule has 1 fully saturated rings. The van der Waals surface area contributed by atoms with Crippen LogP contribution in [0.1, 0.15) is 18.4 Å². The summed E-state index contributed by atoms with van der Waals surface area (Å²) in [6.07, 6.45) is 2.79. The Morgan fingerprint density at radius 3 is 2.25 bits per heavy atom. The van der Waals surface area contributed by atoms with E-state index in [4.69, 9.17) is 5.14 Å². The number of likely N-dealkylation sites (tertiary alicyclic amines) is 1. The van der Waals surface area contributed by atoms with E-state index in [0.29, 0.717) is 5.69 Å². The van der Waals surface area contributed by atoms with Gasteiger partial charge >= 0.3 is 0 Å². The van der Waals surface area contributed by atoms with Crippen molar-refractivity contribution >= 4 is 25.5 Å². The van der Waals surface area contributed by atoms with Gasteiger partial charge < -0.3 is 5.32 Å². The predicted octanol–water partition coefficient (Wildman–Crippen LogP) is 1.81. The molecule has 1 heterocycles. The molecule has 1 aliphatic heterocycles. The fourth-order valence-electron chi connectivity index (χ4n) is 3.40. The Labute approximate surface area is 166 Å². The molecular weight excluding hydrogens is 398 g/mol. The summed E-state index contributed by atoms with van der Waals surface area (Å²) in [5, 5.41) is 8.41. The van der Waals surface area contributed by atoms with Crippen LogP contribution in [-0.4, -0.2) is 47.1 Å². The Hall–Kier alpha value is -1.94. The molecule has 0 aromatic heterocycles. The normalized spacial score (nSPS) is 16.8. The number of sulfone groups is 1. The summed E-state index contributed by atoms with van der Waals surface area (Å²) in [5.41, 5.74) is 1.68. The summed E-state index contributed by atoms with van der Waals surface area (Å²) >= 11 is 0. The fourth-order valence-corrected chi connectivity index (χ4v) is 4.88. The average Bonchev–Trinajstić information content (AvgIpc) is 2.63. The predicted molar refractivity (Wildman–Crippen MR) is 109 cm³/mol. The van der Waals surface area contributed by atoms with Crippen molar-refractivity contribution in [1.29, 1.82) is 0 Å². The van der Waals surface area contributed by atoms with Gasteiger partial charge in [-0.2, -0.15) is 0 Å². The molecule has 7 nitrogen and oxygen atoms in total. The largest absolute Gasteiger partial charge is 0.381 e. The van der Waals surface area contributed by atoms with Crippen LogP contribution < -0.4 is 10.5 Å². The number of nitrogens with one attached hydrogen (secondary N) is 1. The van der Waals surface area contributed by atoms with E-state index >= 15 is 0 Å². The molecular formula is C19H25N3O4S2. The summed E-state index contributed by atoms with van der Waals surface area (Å²) < 4.78 is 47.4. The first-order valence-corrected chi connectivity index (χ1v) is 12.5. The maximum absolute atomic E-state index is 12.1. The van der Waals surface area contributed by atoms with Crippen LogP contribution in [0.15, 0.2) is 58.3 Å². The van der Waals surface area contributed by atoms with E-state index in [2.05, 4.69) is 22.3 Å². The number of primary sulfonamides is 1. The number of anilines is 1. The van der Waals surface area contributed by atoms with Gasteiger partial charge in [-0.05, 0) is 36.6 Å². The highest BCUT2D eigenvalue weighted by Crippen LogP contribution is 2.27. The highest BCUT2D eigenvalue weighted by Gasteiger charge is 2.23. The molecule has 2 aromatic carbocycles. The van der Waals surface area contributed by atoms with Crippen LogP contribution in [0.25, 0.3) is 0 Å². The molecule has 0 amide bonds. The molecule has 3 rings (SSSR count). The minimum Gasteiger partial charge on any atom is -0.381 e. The van der Waals surface area contributed by atoms with Gasteiger partial charge in [0.25, 0.3) is 0 Å². The highest BCUT2D eigenvalue weighted by molar-refractivity contribution is 7.91. The van der Waals surface area contributed by atoms with Gasteiger partial charge in [0.2, 0.25) is 10.0 Å². The van der Waals surface area contributed by atoms with Gasteiger partial charge in [-0.1, -0.05) is 30.3 Å². The molecule has 28 heavy (non-hydrogen) atoms. The average molecular weight is 424 g/mol. The second-order valence-corrected chi connectivity index (χ2v) is 10.7. The smallest absolute Gasteiger partial charge is 0.238 e. The molecule has 3 N–H and O–H groups in total. The van der Waals surface area contributed by atoms with Crippen LogP contribution in [0.5, 0.6) is 0 Å². The van der Waals surface area contributed by atoms with Crippen molar-refractivity contribution in [3.63, 3.8) is 0 Å². The van der Waals surface area contributed by atoms with Crippen LogP contribution in [0.3, 0.4) is 0 Å². The lowest BCUT2D eigenvalue weighted by atomic mass is 10.0. The Kier molecular flexibility index (Phi) is 6.09. The lowest BCUT2D eigenvalue weighted by molar-refractivity contribution is 0.211. The third kappa shape index (κ3) is 5.32. The van der Waals surface area contributed by atoms with E-state index < -0.39 is 19.9 Å². The van der Waals surface area contributed by atoms with Crippen molar-refractivity contribution < 1.29 is 16.8 Å². The number of hydrogen-bond donors (Lipinski definition) is 2. The van der Waals surface area contributed by atoms with Gasteiger partial charge in [0.05, 0.1) is 15.5 Å². The van der Waals surface area contributed by atoms with Gasteiger partial charge in [-0.25, -0.2) is 22.0 Å². The Morgan fingerprint density at radius 1 is 1.04 bits per heavy atom. The summed E-state index contributed by atoms with van der Waals surface area (Å²) in [6, 6.07) is 14.3. The minimum absolute atomic E-state index is 0.0502. The van der Waals surface area contributed by atoms with Gasteiger partial charge in [0.1, 0.15) is 0 Å². The molecule has 0 radical (unpaired) electrons. The van der Waals surface area contributed by atoms with E-state index in [0.717, 1.165) is 44.8 Å². The topological polar surface area (TPSA) is 110 Å². The Morgan fingerprint density at radius 2 is 1.68 bits per heavy atom. The molecule has 1 saturated heterocycles. The van der Waals surface area contributed by atoms with Crippen LogP contribution in [0, 0.1) is 0 Å². The molecule has 9 heteroatoms. The number of sulfonamides is 1. The molecule has 0 atom stereocenters. The van der Waals surface area contributed by atoms with Crippen LogP contribution in [0.4, 0.5) is 5.69 Å². The number of nitrogens with zero attached hydrogens (tertiary/aromatic N) is 1. The summed E-state index contributed by atoms with van der Waals surface area (Å²) in [4.78, 5) is 2.11. The van der Waals surface area contributed by atoms with Gasteiger partial charge in [-0.3, -0.25) is 4.90 Å².